The topological polar surface area (TPSA) is 0 Å². The third kappa shape index (κ3) is 0.755. The lowest BCUT2D eigenvalue weighted by atomic mass is 9.81. The lowest BCUT2D eigenvalue weighted by Crippen LogP contribution is -2.20. The van der Waals surface area contributed by atoms with Gasteiger partial charge in [-0.1, -0.05) is 18.4 Å². The van der Waals surface area contributed by atoms with Crippen molar-refractivity contribution < 1.29 is 0 Å². The molecule has 3 rings (SSSR count). The van der Waals surface area contributed by atoms with E-state index in [1.54, 1.807) is 32.1 Å². The van der Waals surface area contributed by atoms with E-state index in [9.17, 15) is 0 Å². The third-order valence-electron chi connectivity index (χ3n) is 4.76. The van der Waals surface area contributed by atoms with E-state index in [0.717, 1.165) is 0 Å². The summed E-state index contributed by atoms with van der Waals surface area (Å²) in [6.07, 6.45) is 8.04. The van der Waals surface area contributed by atoms with Crippen molar-refractivity contribution in [2.24, 2.45) is 23.7 Å². The summed E-state index contributed by atoms with van der Waals surface area (Å²) < 4.78 is 0. The number of fused-ring (bicyclic) bond motifs is 5. The van der Waals surface area contributed by atoms with Gasteiger partial charge < -0.3 is 0 Å². The molecule has 0 N–H and O–H groups in total. The maximum Gasteiger partial charge on any atom is 0.00710 e. The second kappa shape index (κ2) is 2.12. The highest BCUT2D eigenvalue weighted by molar-refractivity contribution is 6.12. The van der Waals surface area contributed by atoms with Crippen molar-refractivity contribution in [3.05, 3.63) is 0 Å². The Balaban J connectivity index is 1.90. The minimum absolute atomic E-state index is 1.20. The van der Waals surface area contributed by atoms with Crippen molar-refractivity contribution in [2.75, 3.05) is 0 Å². The lowest BCUT2D eigenvalue weighted by Gasteiger charge is -2.29. The maximum atomic E-state index is 1.64. The Morgan fingerprint density at radius 3 is 2.64 bits per heavy atom. The molecule has 1 heteroatoms. The predicted molar refractivity (Wildman–Crippen MR) is 50.7 cm³/mol. The SMILES string of the molecule is [SiH3]C1CC2CC1C1CCCC21. The van der Waals surface area contributed by atoms with Crippen LogP contribution in [0.5, 0.6) is 0 Å². The third-order valence-corrected chi connectivity index (χ3v) is 6.09. The summed E-state index contributed by atoms with van der Waals surface area (Å²) in [4.78, 5) is 0. The van der Waals surface area contributed by atoms with E-state index in [2.05, 4.69) is 0 Å². The van der Waals surface area contributed by atoms with Crippen molar-refractivity contribution in [3.8, 4) is 0 Å². The predicted octanol–water partition coefficient (Wildman–Crippen LogP) is 1.60. The van der Waals surface area contributed by atoms with Crippen LogP contribution in [0, 0.1) is 23.7 Å². The van der Waals surface area contributed by atoms with Crippen molar-refractivity contribution >= 4 is 10.2 Å². The van der Waals surface area contributed by atoms with Crippen molar-refractivity contribution in [1.82, 2.24) is 0 Å². The molecule has 0 amide bonds. The first-order valence-electron chi connectivity index (χ1n) is 5.36. The van der Waals surface area contributed by atoms with E-state index >= 15 is 0 Å². The summed E-state index contributed by atoms with van der Waals surface area (Å²) in [5.74, 6) is 4.86. The Morgan fingerprint density at radius 1 is 0.909 bits per heavy atom. The van der Waals surface area contributed by atoms with Gasteiger partial charge in [-0.25, -0.2) is 0 Å². The smallest absolute Gasteiger partial charge is 0.00710 e. The fourth-order valence-corrected chi connectivity index (χ4v) is 5.78. The van der Waals surface area contributed by atoms with Crippen molar-refractivity contribution in [2.45, 2.75) is 37.6 Å². The summed E-state index contributed by atoms with van der Waals surface area (Å²) >= 11 is 0. The molecular formula is C10H18Si. The van der Waals surface area contributed by atoms with Crippen LogP contribution >= 0.6 is 0 Å². The average molecular weight is 166 g/mol. The molecule has 3 fully saturated rings. The molecule has 0 nitrogen and oxygen atoms in total. The van der Waals surface area contributed by atoms with Gasteiger partial charge in [-0.05, 0) is 42.9 Å². The van der Waals surface area contributed by atoms with Gasteiger partial charge in [0.1, 0.15) is 0 Å². The highest BCUT2D eigenvalue weighted by Gasteiger charge is 2.51. The van der Waals surface area contributed by atoms with Crippen LogP contribution in [0.4, 0.5) is 0 Å². The normalized spacial score (nSPS) is 60.5. The Bertz CT molecular complexity index is 178. The minimum Gasteiger partial charge on any atom is -0.0527 e. The molecule has 0 heterocycles. The standard InChI is InChI=1S/C10H18Si/c11-10-5-6-4-9(10)8-3-1-2-7(6)8/h6-10H,1-5H2,11H3. The summed E-state index contributed by atoms with van der Waals surface area (Å²) in [5, 5.41) is 0. The van der Waals surface area contributed by atoms with Gasteiger partial charge in [0.25, 0.3) is 0 Å². The Hall–Kier alpha value is 0.217. The Morgan fingerprint density at radius 2 is 1.73 bits per heavy atom. The molecule has 11 heavy (non-hydrogen) atoms. The molecule has 62 valence electrons. The molecule has 0 aromatic carbocycles. The molecule has 0 spiro atoms. The summed E-state index contributed by atoms with van der Waals surface area (Å²) in [6, 6.07) is 0. The number of hydrogen-bond acceptors (Lipinski definition) is 0. The van der Waals surface area contributed by atoms with E-state index < -0.39 is 0 Å². The van der Waals surface area contributed by atoms with Crippen LogP contribution in [0.3, 0.4) is 0 Å². The molecule has 3 aliphatic carbocycles. The van der Waals surface area contributed by atoms with Gasteiger partial charge in [-0.3, -0.25) is 0 Å². The lowest BCUT2D eigenvalue weighted by molar-refractivity contribution is 0.260. The van der Waals surface area contributed by atoms with Gasteiger partial charge in [0.05, 0.1) is 0 Å². The molecule has 0 aromatic heterocycles. The van der Waals surface area contributed by atoms with Gasteiger partial charge in [0.15, 0.2) is 0 Å². The van der Waals surface area contributed by atoms with Gasteiger partial charge >= 0.3 is 0 Å². The second-order valence-corrected chi connectivity index (χ2v) is 6.61. The first-order chi connectivity index (χ1) is 5.36. The van der Waals surface area contributed by atoms with Gasteiger partial charge in [0, 0.05) is 10.2 Å². The molecule has 3 aliphatic rings. The van der Waals surface area contributed by atoms with Crippen molar-refractivity contribution in [3.63, 3.8) is 0 Å². The zero-order valence-electron chi connectivity index (χ0n) is 7.42. The van der Waals surface area contributed by atoms with Crippen LogP contribution in [0.15, 0.2) is 0 Å². The van der Waals surface area contributed by atoms with E-state index in [4.69, 9.17) is 0 Å². The molecule has 0 saturated heterocycles. The second-order valence-electron chi connectivity index (χ2n) is 5.13. The number of rotatable bonds is 0. The summed E-state index contributed by atoms with van der Waals surface area (Å²) in [6.45, 7) is 0. The molecule has 3 saturated carbocycles. The van der Waals surface area contributed by atoms with E-state index in [-0.39, 0.29) is 0 Å². The molecule has 0 radical (unpaired) electrons. The Labute approximate surface area is 72.2 Å². The van der Waals surface area contributed by atoms with Crippen LogP contribution in [0.1, 0.15) is 32.1 Å². The van der Waals surface area contributed by atoms with E-state index in [0.29, 0.717) is 0 Å². The summed E-state index contributed by atoms with van der Waals surface area (Å²) in [7, 11) is 1.49. The minimum atomic E-state index is 1.20. The largest absolute Gasteiger partial charge is 0.0527 e. The molecule has 5 unspecified atom stereocenters. The average Bonchev–Trinajstić information content (AvgIpc) is 2.52. The van der Waals surface area contributed by atoms with E-state index in [1.807, 2.05) is 0 Å². The number of hydrogen-bond donors (Lipinski definition) is 0. The fraction of sp³-hybridized carbons (Fsp3) is 1.00. The highest BCUT2D eigenvalue weighted by Crippen LogP contribution is 2.62. The Kier molecular flexibility index (Phi) is 1.29. The zero-order valence-corrected chi connectivity index (χ0v) is 9.42. The van der Waals surface area contributed by atoms with Gasteiger partial charge in [-0.15, -0.1) is 0 Å². The van der Waals surface area contributed by atoms with Crippen LogP contribution in [-0.2, 0) is 0 Å². The fourth-order valence-electron chi connectivity index (χ4n) is 4.41. The van der Waals surface area contributed by atoms with Crippen LogP contribution in [0.25, 0.3) is 0 Å². The molecule has 2 bridgehead atoms. The molecule has 0 aromatic rings. The highest BCUT2D eigenvalue weighted by atomic mass is 28.1. The van der Waals surface area contributed by atoms with Crippen LogP contribution in [0.2, 0.25) is 5.54 Å². The monoisotopic (exact) mass is 166 g/mol. The molecule has 5 atom stereocenters. The molecule has 0 aliphatic heterocycles. The van der Waals surface area contributed by atoms with Gasteiger partial charge in [-0.2, -0.15) is 0 Å². The van der Waals surface area contributed by atoms with Crippen LogP contribution < -0.4 is 0 Å². The quantitative estimate of drug-likeness (QED) is 0.480. The van der Waals surface area contributed by atoms with Crippen LogP contribution in [-0.4, -0.2) is 10.2 Å². The molecular weight excluding hydrogens is 148 g/mol. The summed E-state index contributed by atoms with van der Waals surface area (Å²) in [5.41, 5.74) is 1.22. The van der Waals surface area contributed by atoms with Crippen molar-refractivity contribution in [1.29, 1.82) is 0 Å². The maximum absolute atomic E-state index is 1.64. The first kappa shape index (κ1) is 6.70. The zero-order chi connectivity index (χ0) is 7.42. The first-order valence-corrected chi connectivity index (χ1v) is 6.51. The van der Waals surface area contributed by atoms with E-state index in [1.165, 1.54) is 39.5 Å². The van der Waals surface area contributed by atoms with Gasteiger partial charge in [0.2, 0.25) is 0 Å².